The summed E-state index contributed by atoms with van der Waals surface area (Å²) in [6, 6.07) is 0. The van der Waals surface area contributed by atoms with Crippen molar-refractivity contribution in [3.63, 3.8) is 0 Å². The lowest BCUT2D eigenvalue weighted by molar-refractivity contribution is -0.596. The highest BCUT2D eigenvalue weighted by molar-refractivity contribution is 5.72. The van der Waals surface area contributed by atoms with E-state index >= 15 is 0 Å². The maximum Gasteiger partial charge on any atom is 0.410 e. The fourth-order valence-corrected chi connectivity index (χ4v) is 1.60. The molecule has 0 N–H and O–H groups in total. The van der Waals surface area contributed by atoms with Crippen LogP contribution in [-0.2, 0) is 4.74 Å². The topological polar surface area (TPSA) is 32.5 Å². The lowest BCUT2D eigenvalue weighted by Gasteiger charge is -2.27. The Morgan fingerprint density at radius 3 is 2.60 bits per heavy atom. The molecule has 1 heterocycles. The van der Waals surface area contributed by atoms with E-state index in [-0.39, 0.29) is 11.6 Å². The van der Waals surface area contributed by atoms with Crippen LogP contribution >= 0.6 is 0 Å². The van der Waals surface area contributed by atoms with Gasteiger partial charge in [-0.1, -0.05) is 0 Å². The van der Waals surface area contributed by atoms with Crippen molar-refractivity contribution >= 4 is 12.3 Å². The normalized spacial score (nSPS) is 17.3. The second kappa shape index (κ2) is 4.64. The third kappa shape index (κ3) is 3.22. The Bertz CT molecular complexity index is 266. The molecule has 0 spiro atoms. The molecule has 4 nitrogen and oxygen atoms in total. The number of ether oxygens (including phenoxy) is 1. The quantitative estimate of drug-likeness (QED) is 0.616. The standard InChI is InChI=1S/C11H21N2O2/c1-5-15-10(14)12-6-8-13(9-7-12)11(2,3)4/h8H,5-7,9H2,1-4H3/q+1. The fraction of sp³-hybridized carbons (Fsp3) is 0.818. The fourth-order valence-electron chi connectivity index (χ4n) is 1.60. The molecular formula is C11H21N2O2+. The van der Waals surface area contributed by atoms with Gasteiger partial charge in [-0.25, -0.2) is 9.37 Å². The Labute approximate surface area is 91.5 Å². The zero-order valence-corrected chi connectivity index (χ0v) is 10.1. The van der Waals surface area contributed by atoms with Gasteiger partial charge in [-0.2, -0.15) is 0 Å². The van der Waals surface area contributed by atoms with Crippen molar-refractivity contribution in [3.05, 3.63) is 0 Å². The predicted octanol–water partition coefficient (Wildman–Crippen LogP) is 1.34. The van der Waals surface area contributed by atoms with Gasteiger partial charge < -0.3 is 4.74 Å². The van der Waals surface area contributed by atoms with Crippen molar-refractivity contribution in [2.45, 2.75) is 33.2 Å². The third-order valence-corrected chi connectivity index (χ3v) is 2.52. The van der Waals surface area contributed by atoms with Crippen LogP contribution < -0.4 is 0 Å². The lowest BCUT2D eigenvalue weighted by atomic mass is 10.1. The van der Waals surface area contributed by atoms with Crippen LogP contribution in [0, 0.1) is 0 Å². The van der Waals surface area contributed by atoms with E-state index in [1.165, 1.54) is 0 Å². The van der Waals surface area contributed by atoms with E-state index in [1.807, 2.05) is 6.92 Å². The zero-order valence-electron chi connectivity index (χ0n) is 10.1. The van der Waals surface area contributed by atoms with Crippen molar-refractivity contribution in [3.8, 4) is 0 Å². The Morgan fingerprint density at radius 1 is 1.53 bits per heavy atom. The van der Waals surface area contributed by atoms with Gasteiger partial charge in [-0.3, -0.25) is 4.90 Å². The van der Waals surface area contributed by atoms with E-state index < -0.39 is 0 Å². The number of carbonyl (C=O) groups is 1. The molecule has 1 amide bonds. The number of carbonyl (C=O) groups excluding carboxylic acids is 1. The first-order valence-corrected chi connectivity index (χ1v) is 5.47. The Morgan fingerprint density at radius 2 is 2.20 bits per heavy atom. The Kier molecular flexibility index (Phi) is 3.72. The molecule has 4 heteroatoms. The van der Waals surface area contributed by atoms with Gasteiger partial charge in [-0.05, 0) is 27.7 Å². The van der Waals surface area contributed by atoms with Crippen LogP contribution in [0.15, 0.2) is 0 Å². The monoisotopic (exact) mass is 213 g/mol. The van der Waals surface area contributed by atoms with Crippen molar-refractivity contribution < 1.29 is 14.1 Å². The molecule has 0 aromatic carbocycles. The molecule has 15 heavy (non-hydrogen) atoms. The summed E-state index contributed by atoms with van der Waals surface area (Å²) in [5.41, 5.74) is 0.140. The van der Waals surface area contributed by atoms with Crippen LogP contribution in [0.2, 0.25) is 0 Å². The molecular weight excluding hydrogens is 192 g/mol. The summed E-state index contributed by atoms with van der Waals surface area (Å²) in [4.78, 5) is 13.1. The van der Waals surface area contributed by atoms with Crippen LogP contribution in [0.5, 0.6) is 0 Å². The van der Waals surface area contributed by atoms with E-state index in [9.17, 15) is 4.79 Å². The Balaban J connectivity index is 2.54. The minimum absolute atomic E-state index is 0.140. The molecule has 0 bridgehead atoms. The summed E-state index contributed by atoms with van der Waals surface area (Å²) in [5.74, 6) is 0. The largest absolute Gasteiger partial charge is 0.450 e. The average molecular weight is 213 g/mol. The second-order valence-corrected chi connectivity index (χ2v) is 4.69. The van der Waals surface area contributed by atoms with E-state index in [0.29, 0.717) is 13.2 Å². The van der Waals surface area contributed by atoms with Gasteiger partial charge in [0.15, 0.2) is 18.3 Å². The maximum atomic E-state index is 11.4. The molecule has 0 aromatic rings. The van der Waals surface area contributed by atoms with Crippen molar-refractivity contribution in [2.24, 2.45) is 0 Å². The van der Waals surface area contributed by atoms with Gasteiger partial charge in [0, 0.05) is 0 Å². The molecule has 0 atom stereocenters. The third-order valence-electron chi connectivity index (χ3n) is 2.52. The van der Waals surface area contributed by atoms with E-state index in [4.69, 9.17) is 4.74 Å². The van der Waals surface area contributed by atoms with Gasteiger partial charge >= 0.3 is 6.09 Å². The molecule has 0 unspecified atom stereocenters. The van der Waals surface area contributed by atoms with E-state index in [0.717, 1.165) is 13.1 Å². The van der Waals surface area contributed by atoms with E-state index in [2.05, 4.69) is 31.6 Å². The summed E-state index contributed by atoms with van der Waals surface area (Å²) in [5, 5.41) is 0. The zero-order chi connectivity index (χ0) is 11.5. The highest BCUT2D eigenvalue weighted by atomic mass is 16.6. The van der Waals surface area contributed by atoms with Crippen LogP contribution in [0.4, 0.5) is 4.79 Å². The maximum absolute atomic E-state index is 11.4. The van der Waals surface area contributed by atoms with Gasteiger partial charge in [0.05, 0.1) is 13.2 Å². The summed E-state index contributed by atoms with van der Waals surface area (Å²) < 4.78 is 7.22. The molecule has 86 valence electrons. The number of rotatable bonds is 1. The minimum Gasteiger partial charge on any atom is -0.450 e. The van der Waals surface area contributed by atoms with Crippen LogP contribution in [0.25, 0.3) is 0 Å². The first kappa shape index (κ1) is 12.0. The second-order valence-electron chi connectivity index (χ2n) is 4.69. The van der Waals surface area contributed by atoms with Crippen molar-refractivity contribution in [1.29, 1.82) is 0 Å². The van der Waals surface area contributed by atoms with Gasteiger partial charge in [0.2, 0.25) is 0 Å². The summed E-state index contributed by atoms with van der Waals surface area (Å²) in [6.07, 6.45) is 1.86. The predicted molar refractivity (Wildman–Crippen MR) is 59.5 cm³/mol. The smallest absolute Gasteiger partial charge is 0.410 e. The first-order chi connectivity index (χ1) is 6.95. The highest BCUT2D eigenvalue weighted by Gasteiger charge is 2.29. The number of hydrogen-bond acceptors (Lipinski definition) is 2. The van der Waals surface area contributed by atoms with Gasteiger partial charge in [0.1, 0.15) is 6.54 Å². The van der Waals surface area contributed by atoms with Crippen molar-refractivity contribution in [2.75, 3.05) is 26.2 Å². The minimum atomic E-state index is -0.206. The molecule has 0 saturated carbocycles. The molecule has 1 aliphatic heterocycles. The van der Waals surface area contributed by atoms with Gasteiger partial charge in [0.25, 0.3) is 0 Å². The Hall–Kier alpha value is -1.06. The number of nitrogens with zero attached hydrogens (tertiary/aromatic N) is 2. The molecule has 0 aromatic heterocycles. The molecule has 0 aliphatic carbocycles. The molecule has 1 aliphatic rings. The molecule has 0 radical (unpaired) electrons. The molecule has 0 fully saturated rings. The molecule has 0 saturated heterocycles. The van der Waals surface area contributed by atoms with Gasteiger partial charge in [-0.15, -0.1) is 0 Å². The summed E-state index contributed by atoms with van der Waals surface area (Å²) in [7, 11) is 0. The van der Waals surface area contributed by atoms with Crippen LogP contribution in [0.1, 0.15) is 27.7 Å². The molecule has 1 rings (SSSR count). The average Bonchev–Trinajstić information content (AvgIpc) is 2.17. The number of amides is 1. The summed E-state index contributed by atoms with van der Waals surface area (Å²) >= 11 is 0. The number of hydrogen-bond donors (Lipinski definition) is 0. The first-order valence-electron chi connectivity index (χ1n) is 5.47. The summed E-state index contributed by atoms with van der Waals surface area (Å²) in [6.45, 7) is 11.0. The van der Waals surface area contributed by atoms with Crippen LogP contribution in [0.3, 0.4) is 0 Å². The van der Waals surface area contributed by atoms with Crippen molar-refractivity contribution in [1.82, 2.24) is 4.90 Å². The van der Waals surface area contributed by atoms with E-state index in [1.54, 1.807) is 4.90 Å². The van der Waals surface area contributed by atoms with Crippen LogP contribution in [-0.4, -0.2) is 53.6 Å². The lowest BCUT2D eigenvalue weighted by Crippen LogP contribution is -2.48. The highest BCUT2D eigenvalue weighted by Crippen LogP contribution is 2.09. The SMILES string of the molecule is CCOC(=O)N1CC=[N+](C(C)(C)C)CC1.